The van der Waals surface area contributed by atoms with E-state index < -0.39 is 6.10 Å². The van der Waals surface area contributed by atoms with Crippen molar-refractivity contribution in [2.24, 2.45) is 0 Å². The number of ether oxygens (including phenoxy) is 2. The van der Waals surface area contributed by atoms with Gasteiger partial charge in [0, 0.05) is 25.7 Å². The van der Waals surface area contributed by atoms with E-state index in [-0.39, 0.29) is 5.91 Å². The van der Waals surface area contributed by atoms with Crippen LogP contribution >= 0.6 is 0 Å². The molecule has 0 fully saturated rings. The molecule has 0 saturated heterocycles. The normalized spacial score (nSPS) is 11.5. The van der Waals surface area contributed by atoms with Crippen LogP contribution < -0.4 is 9.47 Å². The van der Waals surface area contributed by atoms with E-state index in [1.165, 1.54) is 4.90 Å². The maximum Gasteiger partial charge on any atom is 0.267 e. The van der Waals surface area contributed by atoms with Crippen molar-refractivity contribution in [1.82, 2.24) is 4.90 Å². The number of carbonyl (C=O) groups excluding carboxylic acids is 1. The summed E-state index contributed by atoms with van der Waals surface area (Å²) in [7, 11) is 3.44. The van der Waals surface area contributed by atoms with E-state index in [1.807, 2.05) is 78.9 Å². The highest BCUT2D eigenvalue weighted by molar-refractivity contribution is 5.82. The zero-order chi connectivity index (χ0) is 18.4. The summed E-state index contributed by atoms with van der Waals surface area (Å²) in [6.07, 6.45) is -0.710. The van der Waals surface area contributed by atoms with Crippen LogP contribution in [0.25, 0.3) is 0 Å². The van der Waals surface area contributed by atoms with Crippen LogP contribution in [0.3, 0.4) is 0 Å². The number of likely N-dealkylation sites (N-methyl/N-ethyl adjacent to an activating group) is 1. The highest BCUT2D eigenvalue weighted by Gasteiger charge is 2.24. The lowest BCUT2D eigenvalue weighted by Gasteiger charge is -2.22. The molecule has 1 amide bonds. The Kier molecular flexibility index (Phi) is 5.54. The molecule has 1 atom stereocenters. The maximum absolute atomic E-state index is 12.6. The lowest BCUT2D eigenvalue weighted by molar-refractivity contribution is -0.136. The third-order valence-electron chi connectivity index (χ3n) is 3.81. The van der Waals surface area contributed by atoms with E-state index in [2.05, 4.69) is 0 Å². The Hall–Kier alpha value is -3.27. The fraction of sp³-hybridized carbons (Fsp3) is 0.136. The molecule has 0 saturated carbocycles. The van der Waals surface area contributed by atoms with E-state index in [0.717, 1.165) is 11.3 Å². The van der Waals surface area contributed by atoms with Crippen molar-refractivity contribution < 1.29 is 14.3 Å². The molecule has 0 unspecified atom stereocenters. The second kappa shape index (κ2) is 8.21. The van der Waals surface area contributed by atoms with Crippen LogP contribution in [-0.4, -0.2) is 24.9 Å². The monoisotopic (exact) mass is 347 g/mol. The molecule has 0 aliphatic rings. The van der Waals surface area contributed by atoms with Crippen LogP contribution in [-0.2, 0) is 4.79 Å². The highest BCUT2D eigenvalue weighted by atomic mass is 16.5. The van der Waals surface area contributed by atoms with Gasteiger partial charge in [-0.3, -0.25) is 4.79 Å². The van der Waals surface area contributed by atoms with Gasteiger partial charge in [-0.1, -0.05) is 54.6 Å². The Balaban J connectivity index is 1.83. The molecule has 132 valence electrons. The average Bonchev–Trinajstić information content (AvgIpc) is 2.67. The number of hydrogen-bond acceptors (Lipinski definition) is 3. The summed E-state index contributed by atoms with van der Waals surface area (Å²) in [5.74, 6) is 1.85. The first kappa shape index (κ1) is 17.5. The Bertz CT molecular complexity index is 848. The van der Waals surface area contributed by atoms with Crippen LogP contribution in [0.5, 0.6) is 17.2 Å². The van der Waals surface area contributed by atoms with Gasteiger partial charge < -0.3 is 14.4 Å². The number of amides is 1. The van der Waals surface area contributed by atoms with Gasteiger partial charge in [-0.25, -0.2) is 0 Å². The lowest BCUT2D eigenvalue weighted by atomic mass is 10.1. The molecule has 26 heavy (non-hydrogen) atoms. The van der Waals surface area contributed by atoms with Gasteiger partial charge in [-0.2, -0.15) is 0 Å². The first-order valence-electron chi connectivity index (χ1n) is 8.39. The van der Waals surface area contributed by atoms with Crippen molar-refractivity contribution >= 4 is 5.91 Å². The van der Waals surface area contributed by atoms with Gasteiger partial charge in [-0.05, 0) is 24.3 Å². The Morgan fingerprint density at radius 3 is 2.00 bits per heavy atom. The highest BCUT2D eigenvalue weighted by Crippen LogP contribution is 2.29. The van der Waals surface area contributed by atoms with Crippen molar-refractivity contribution in [3.63, 3.8) is 0 Å². The largest absolute Gasteiger partial charge is 0.476 e. The predicted molar refractivity (Wildman–Crippen MR) is 101 cm³/mol. The van der Waals surface area contributed by atoms with Crippen molar-refractivity contribution in [2.75, 3.05) is 14.1 Å². The summed E-state index contributed by atoms with van der Waals surface area (Å²) in [6.45, 7) is 0. The van der Waals surface area contributed by atoms with Crippen LogP contribution in [0.1, 0.15) is 11.7 Å². The van der Waals surface area contributed by atoms with Gasteiger partial charge >= 0.3 is 0 Å². The molecule has 0 spiro atoms. The minimum absolute atomic E-state index is 0.120. The summed E-state index contributed by atoms with van der Waals surface area (Å²) < 4.78 is 11.9. The summed E-state index contributed by atoms with van der Waals surface area (Å²) >= 11 is 0. The summed E-state index contributed by atoms with van der Waals surface area (Å²) in [5.41, 5.74) is 0.806. The molecule has 3 rings (SSSR count). The number of nitrogens with zero attached hydrogens (tertiary/aromatic N) is 1. The van der Waals surface area contributed by atoms with Gasteiger partial charge in [0.2, 0.25) is 6.10 Å². The predicted octanol–water partition coefficient (Wildman–Crippen LogP) is 4.69. The zero-order valence-corrected chi connectivity index (χ0v) is 14.8. The molecular weight excluding hydrogens is 326 g/mol. The molecule has 4 heteroatoms. The van der Waals surface area contributed by atoms with E-state index in [9.17, 15) is 4.79 Å². The van der Waals surface area contributed by atoms with E-state index in [1.54, 1.807) is 20.2 Å². The summed E-state index contributed by atoms with van der Waals surface area (Å²) in [6, 6.07) is 26.3. The minimum Gasteiger partial charge on any atom is -0.476 e. The number of hydrogen-bond donors (Lipinski definition) is 0. The Morgan fingerprint density at radius 1 is 0.769 bits per heavy atom. The maximum atomic E-state index is 12.6. The van der Waals surface area contributed by atoms with Gasteiger partial charge in [0.15, 0.2) is 0 Å². The molecule has 0 bridgehead atoms. The molecule has 0 aliphatic carbocycles. The number of rotatable bonds is 6. The first-order valence-corrected chi connectivity index (χ1v) is 8.39. The quantitative estimate of drug-likeness (QED) is 0.649. The Morgan fingerprint density at radius 2 is 1.35 bits per heavy atom. The molecule has 4 nitrogen and oxygen atoms in total. The fourth-order valence-corrected chi connectivity index (χ4v) is 2.50. The molecule has 3 aromatic rings. The molecule has 0 radical (unpaired) electrons. The van der Waals surface area contributed by atoms with Crippen molar-refractivity contribution in [2.45, 2.75) is 6.10 Å². The molecule has 0 aliphatic heterocycles. The van der Waals surface area contributed by atoms with Crippen LogP contribution in [0.4, 0.5) is 0 Å². The van der Waals surface area contributed by atoms with E-state index >= 15 is 0 Å². The number of carbonyl (C=O) groups is 1. The van der Waals surface area contributed by atoms with Crippen molar-refractivity contribution in [3.8, 4) is 17.2 Å². The second-order valence-corrected chi connectivity index (χ2v) is 6.03. The Labute approximate surface area is 153 Å². The standard InChI is InChI=1S/C22H21NO3/c1-23(2)22(24)21(17-10-5-3-6-11-17)26-20-15-9-14-19(16-20)25-18-12-7-4-8-13-18/h3-16,21H,1-2H3/t21-/m0/s1. The van der Waals surface area contributed by atoms with Crippen molar-refractivity contribution in [3.05, 3.63) is 90.5 Å². The van der Waals surface area contributed by atoms with Crippen LogP contribution in [0.15, 0.2) is 84.9 Å². The number of benzene rings is 3. The topological polar surface area (TPSA) is 38.8 Å². The molecule has 0 heterocycles. The van der Waals surface area contributed by atoms with E-state index in [4.69, 9.17) is 9.47 Å². The fourth-order valence-electron chi connectivity index (χ4n) is 2.50. The average molecular weight is 347 g/mol. The zero-order valence-electron chi connectivity index (χ0n) is 14.8. The lowest BCUT2D eigenvalue weighted by Crippen LogP contribution is -2.31. The van der Waals surface area contributed by atoms with E-state index in [0.29, 0.717) is 11.5 Å². The first-order chi connectivity index (χ1) is 12.6. The van der Waals surface area contributed by atoms with Gasteiger partial charge in [0.05, 0.1) is 0 Å². The van der Waals surface area contributed by atoms with Crippen molar-refractivity contribution in [1.29, 1.82) is 0 Å². The third-order valence-corrected chi connectivity index (χ3v) is 3.81. The minimum atomic E-state index is -0.710. The molecular formula is C22H21NO3. The van der Waals surface area contributed by atoms with Gasteiger partial charge in [0.1, 0.15) is 17.2 Å². The molecule has 0 aromatic heterocycles. The number of para-hydroxylation sites is 1. The second-order valence-electron chi connectivity index (χ2n) is 6.03. The molecule has 0 N–H and O–H groups in total. The smallest absolute Gasteiger partial charge is 0.267 e. The SMILES string of the molecule is CN(C)C(=O)[C@@H](Oc1cccc(Oc2ccccc2)c1)c1ccccc1. The third kappa shape index (κ3) is 4.42. The molecule has 3 aromatic carbocycles. The summed E-state index contributed by atoms with van der Waals surface area (Å²) in [4.78, 5) is 14.1. The van der Waals surface area contributed by atoms with Gasteiger partial charge in [-0.15, -0.1) is 0 Å². The van der Waals surface area contributed by atoms with Gasteiger partial charge in [0.25, 0.3) is 5.91 Å². The summed E-state index contributed by atoms with van der Waals surface area (Å²) in [5, 5.41) is 0. The van der Waals surface area contributed by atoms with Crippen LogP contribution in [0, 0.1) is 0 Å². The van der Waals surface area contributed by atoms with Crippen LogP contribution in [0.2, 0.25) is 0 Å².